The van der Waals surface area contributed by atoms with Gasteiger partial charge in [-0.05, 0) is 54.7 Å². The second-order valence-electron chi connectivity index (χ2n) is 8.13. The summed E-state index contributed by atoms with van der Waals surface area (Å²) in [5.74, 6) is 2.08. The molecular weight excluding hydrogens is 388 g/mol. The Balaban J connectivity index is 1.45. The normalized spacial score (nSPS) is 13.4. The van der Waals surface area contributed by atoms with Crippen molar-refractivity contribution in [3.05, 3.63) is 60.4 Å². The van der Waals surface area contributed by atoms with Gasteiger partial charge in [0.25, 0.3) is 0 Å². The summed E-state index contributed by atoms with van der Waals surface area (Å²) in [6.07, 6.45) is 5.38. The van der Waals surface area contributed by atoms with Crippen molar-refractivity contribution in [2.24, 2.45) is 5.92 Å². The maximum Gasteiger partial charge on any atom is 0.309 e. The number of hydrogen-bond donors (Lipinski definition) is 5. The molecule has 0 aliphatic heterocycles. The van der Waals surface area contributed by atoms with Crippen molar-refractivity contribution in [3.8, 4) is 0 Å². The van der Waals surface area contributed by atoms with Crippen molar-refractivity contribution in [1.29, 1.82) is 0 Å². The second kappa shape index (κ2) is 8.14. The molecule has 0 spiro atoms. The Labute approximate surface area is 180 Å². The predicted octanol–water partition coefficient (Wildman–Crippen LogP) is 3.22. The number of nitrogens with two attached hydrogens (primary N) is 2. The number of rotatable bonds is 8. The van der Waals surface area contributed by atoms with Crippen LogP contribution in [-0.4, -0.2) is 21.5 Å². The van der Waals surface area contributed by atoms with Crippen molar-refractivity contribution >= 4 is 40.0 Å². The summed E-state index contributed by atoms with van der Waals surface area (Å²) in [7, 11) is 0. The number of hydrogen-bond acceptors (Lipinski definition) is 6. The fourth-order valence-corrected chi connectivity index (χ4v) is 3.58. The lowest BCUT2D eigenvalue weighted by Crippen LogP contribution is -2.34. The maximum absolute atomic E-state index is 5.95. The average Bonchev–Trinajstić information content (AvgIpc) is 3.51. The van der Waals surface area contributed by atoms with Gasteiger partial charge in [0.1, 0.15) is 0 Å². The minimum atomic E-state index is 0.631. The molecule has 0 bridgehead atoms. The number of nitrogen functional groups attached to an aromatic ring is 2. The van der Waals surface area contributed by atoms with E-state index < -0.39 is 0 Å². The minimum absolute atomic E-state index is 0.631. The Hall–Kier alpha value is -3.81. The first-order chi connectivity index (χ1) is 15.1. The third-order valence-corrected chi connectivity index (χ3v) is 5.54. The first kappa shape index (κ1) is 19.2. The van der Waals surface area contributed by atoms with Crippen molar-refractivity contribution in [1.82, 2.24) is 15.0 Å². The molecule has 1 aliphatic rings. The van der Waals surface area contributed by atoms with Gasteiger partial charge in [-0.15, -0.1) is 0 Å². The highest BCUT2D eigenvalue weighted by Crippen LogP contribution is 2.29. The summed E-state index contributed by atoms with van der Waals surface area (Å²) in [6.45, 7) is 1.69. The fourth-order valence-electron chi connectivity index (χ4n) is 3.58. The van der Waals surface area contributed by atoms with E-state index in [1.807, 2.05) is 42.7 Å². The van der Waals surface area contributed by atoms with Crippen LogP contribution in [0.25, 0.3) is 11.2 Å². The van der Waals surface area contributed by atoms with Crippen LogP contribution in [0.4, 0.5) is 28.8 Å². The van der Waals surface area contributed by atoms with E-state index in [4.69, 9.17) is 21.4 Å². The molecule has 0 amide bonds. The van der Waals surface area contributed by atoms with Gasteiger partial charge in [-0.3, -0.25) is 4.98 Å². The SMILES string of the molecule is Nc1ccc(CC[n+]2c[nH]c3c(Nc4cccc(N)c4)nc(NCC4CC4)nc32)cc1. The lowest BCUT2D eigenvalue weighted by molar-refractivity contribution is -0.672. The summed E-state index contributed by atoms with van der Waals surface area (Å²) in [6, 6.07) is 15.6. The average molecular weight is 416 g/mol. The lowest BCUT2D eigenvalue weighted by atomic mass is 10.1. The van der Waals surface area contributed by atoms with E-state index in [0.29, 0.717) is 11.6 Å². The van der Waals surface area contributed by atoms with Crippen LogP contribution in [-0.2, 0) is 13.0 Å². The number of anilines is 5. The molecule has 1 fully saturated rings. The molecule has 1 saturated carbocycles. The Morgan fingerprint density at radius 3 is 2.65 bits per heavy atom. The van der Waals surface area contributed by atoms with Gasteiger partial charge in [0.15, 0.2) is 12.1 Å². The van der Waals surface area contributed by atoms with Crippen LogP contribution in [0.2, 0.25) is 0 Å². The number of benzene rings is 2. The summed E-state index contributed by atoms with van der Waals surface area (Å²) in [5, 5.41) is 6.80. The van der Waals surface area contributed by atoms with E-state index in [-0.39, 0.29) is 0 Å². The van der Waals surface area contributed by atoms with Gasteiger partial charge in [0, 0.05) is 30.0 Å². The molecule has 0 radical (unpaired) electrons. The molecular formula is C23H27N8+. The summed E-state index contributed by atoms with van der Waals surface area (Å²) in [5.41, 5.74) is 17.1. The van der Waals surface area contributed by atoms with E-state index in [1.54, 1.807) is 0 Å². The number of aromatic nitrogens is 4. The van der Waals surface area contributed by atoms with E-state index in [2.05, 4.69) is 32.3 Å². The van der Waals surface area contributed by atoms with E-state index in [0.717, 1.165) is 53.8 Å². The first-order valence-electron chi connectivity index (χ1n) is 10.6. The monoisotopic (exact) mass is 415 g/mol. The zero-order valence-corrected chi connectivity index (χ0v) is 17.3. The molecule has 2 aromatic heterocycles. The lowest BCUT2D eigenvalue weighted by Gasteiger charge is -2.08. The Morgan fingerprint density at radius 1 is 1.03 bits per heavy atom. The van der Waals surface area contributed by atoms with Gasteiger partial charge < -0.3 is 22.1 Å². The molecule has 158 valence electrons. The smallest absolute Gasteiger partial charge is 0.309 e. The molecule has 0 atom stereocenters. The van der Waals surface area contributed by atoms with Gasteiger partial charge in [-0.2, -0.15) is 4.98 Å². The number of nitrogens with one attached hydrogen (secondary N) is 3. The molecule has 0 saturated heterocycles. The van der Waals surface area contributed by atoms with E-state index >= 15 is 0 Å². The van der Waals surface area contributed by atoms with Crippen molar-refractivity contribution in [2.45, 2.75) is 25.8 Å². The molecule has 1 aliphatic carbocycles. The van der Waals surface area contributed by atoms with Crippen LogP contribution in [0.3, 0.4) is 0 Å². The number of imidazole rings is 1. The van der Waals surface area contributed by atoms with Crippen LogP contribution in [0.5, 0.6) is 0 Å². The highest BCUT2D eigenvalue weighted by Gasteiger charge is 2.24. The van der Waals surface area contributed by atoms with E-state index in [9.17, 15) is 0 Å². The number of nitrogens with zero attached hydrogens (tertiary/aromatic N) is 3. The third-order valence-electron chi connectivity index (χ3n) is 5.54. The number of H-pyrrole nitrogens is 1. The zero-order chi connectivity index (χ0) is 21.2. The topological polar surface area (TPSA) is 122 Å². The summed E-state index contributed by atoms with van der Waals surface area (Å²) >= 11 is 0. The molecule has 8 heteroatoms. The van der Waals surface area contributed by atoms with Gasteiger partial charge >= 0.3 is 11.6 Å². The molecule has 4 aromatic rings. The summed E-state index contributed by atoms with van der Waals surface area (Å²) in [4.78, 5) is 12.9. The van der Waals surface area contributed by atoms with Crippen LogP contribution in [0.15, 0.2) is 54.9 Å². The van der Waals surface area contributed by atoms with Crippen molar-refractivity contribution < 1.29 is 4.57 Å². The summed E-state index contributed by atoms with van der Waals surface area (Å²) < 4.78 is 2.13. The fraction of sp³-hybridized carbons (Fsp3) is 0.261. The van der Waals surface area contributed by atoms with Gasteiger partial charge in [0.2, 0.25) is 5.52 Å². The van der Waals surface area contributed by atoms with Crippen molar-refractivity contribution in [3.63, 3.8) is 0 Å². The van der Waals surface area contributed by atoms with Gasteiger partial charge in [-0.1, -0.05) is 23.2 Å². The molecule has 8 nitrogen and oxygen atoms in total. The zero-order valence-electron chi connectivity index (χ0n) is 17.3. The number of aryl methyl sites for hydroxylation is 2. The molecule has 2 heterocycles. The molecule has 7 N–H and O–H groups in total. The quantitative estimate of drug-likeness (QED) is 0.222. The molecule has 31 heavy (non-hydrogen) atoms. The predicted molar refractivity (Wildman–Crippen MR) is 124 cm³/mol. The second-order valence-corrected chi connectivity index (χ2v) is 8.13. The number of fused-ring (bicyclic) bond motifs is 1. The minimum Gasteiger partial charge on any atom is -0.399 e. The highest BCUT2D eigenvalue weighted by molar-refractivity contribution is 5.84. The first-order valence-corrected chi connectivity index (χ1v) is 10.6. The van der Waals surface area contributed by atoms with Crippen LogP contribution in [0.1, 0.15) is 18.4 Å². The van der Waals surface area contributed by atoms with Crippen LogP contribution < -0.4 is 26.7 Å². The maximum atomic E-state index is 5.95. The van der Waals surface area contributed by atoms with E-state index in [1.165, 1.54) is 18.4 Å². The molecule has 0 unspecified atom stereocenters. The molecule has 5 rings (SSSR count). The largest absolute Gasteiger partial charge is 0.399 e. The van der Waals surface area contributed by atoms with Crippen molar-refractivity contribution in [2.75, 3.05) is 28.6 Å². The Bertz CT molecular complexity index is 1190. The standard InChI is InChI=1S/C23H26N8/c24-17-8-6-15(7-9-17)10-11-31-14-27-20-21(28-19-3-1-2-18(25)12-19)29-23(30-22(20)31)26-13-16-4-5-16/h1-3,6-9,12,14,16H,4-5,10-11,13,24-25H2,(H2,26,28,29,30)/p+1. The van der Waals surface area contributed by atoms with Gasteiger partial charge in [0.05, 0.1) is 6.54 Å². The highest BCUT2D eigenvalue weighted by atomic mass is 15.2. The van der Waals surface area contributed by atoms with Gasteiger partial charge in [-0.25, -0.2) is 4.57 Å². The third kappa shape index (κ3) is 4.53. The number of aromatic amines is 1. The Kier molecular flexibility index (Phi) is 5.03. The Morgan fingerprint density at radius 2 is 1.87 bits per heavy atom. The van der Waals surface area contributed by atoms with Crippen LogP contribution >= 0.6 is 0 Å². The van der Waals surface area contributed by atoms with Crippen LogP contribution in [0, 0.1) is 5.92 Å². The molecule has 2 aromatic carbocycles.